The first-order chi connectivity index (χ1) is 23.6. The molecule has 2 rings (SSSR count). The number of benzene rings is 2. The summed E-state index contributed by atoms with van der Waals surface area (Å²) in [5.74, 6) is 16.4. The number of rotatable bonds is 21. The predicted molar refractivity (Wildman–Crippen MR) is 218 cm³/mol. The van der Waals surface area contributed by atoms with E-state index in [1.165, 1.54) is 64.2 Å². The monoisotopic (exact) mass is 744 g/mol. The Bertz CT molecular complexity index is 1400. The van der Waals surface area contributed by atoms with Crippen LogP contribution in [0.2, 0.25) is 16.6 Å². The van der Waals surface area contributed by atoms with Crippen molar-refractivity contribution >= 4 is 24.0 Å². The summed E-state index contributed by atoms with van der Waals surface area (Å²) in [6, 6.07) is 12.7. The van der Waals surface area contributed by atoms with Crippen molar-refractivity contribution in [2.24, 2.45) is 0 Å². The van der Waals surface area contributed by atoms with E-state index in [0.717, 1.165) is 58.3 Å². The summed E-state index contributed by atoms with van der Waals surface area (Å²) >= 11 is 3.65. The Kier molecular flexibility index (Phi) is 21.7. The standard InChI is InChI=1S/C45H65BrO2Si/c1-9-11-13-15-17-21-26-47-35-43-30-40(29-42(32-43)25-28-49(37(3)4,38(5)6)39(7)8)23-19-20-24-41-31-44(34-45(46)33-41)36-48-27-22-18-16-14-12-10-2/h29-34,37-39H,9-18,21-22,26-27,35-36H2,1-8H3. The second-order valence-electron chi connectivity index (χ2n) is 14.6. The van der Waals surface area contributed by atoms with Crippen LogP contribution in [-0.4, -0.2) is 21.3 Å². The molecule has 0 aromatic heterocycles. The highest BCUT2D eigenvalue weighted by Gasteiger charge is 2.41. The lowest BCUT2D eigenvalue weighted by atomic mass is 10.1. The van der Waals surface area contributed by atoms with Crippen molar-refractivity contribution in [3.63, 3.8) is 0 Å². The second-order valence-corrected chi connectivity index (χ2v) is 21.1. The lowest BCUT2D eigenvalue weighted by molar-refractivity contribution is 0.116. The molecule has 0 aliphatic carbocycles. The normalized spacial score (nSPS) is 11.3. The molecule has 0 aliphatic heterocycles. The van der Waals surface area contributed by atoms with E-state index >= 15 is 0 Å². The molecule has 2 aromatic rings. The third-order valence-corrected chi connectivity index (χ3v) is 16.3. The summed E-state index contributed by atoms with van der Waals surface area (Å²) in [4.78, 5) is 0. The Balaban J connectivity index is 2.21. The van der Waals surface area contributed by atoms with Crippen molar-refractivity contribution in [3.05, 3.63) is 68.7 Å². The molecule has 2 nitrogen and oxygen atoms in total. The van der Waals surface area contributed by atoms with Gasteiger partial charge in [0.25, 0.3) is 0 Å². The fraction of sp³-hybridized carbons (Fsp3) is 0.600. The Labute approximate surface area is 311 Å². The van der Waals surface area contributed by atoms with E-state index in [1.807, 2.05) is 6.07 Å². The van der Waals surface area contributed by atoms with Gasteiger partial charge in [-0.25, -0.2) is 0 Å². The van der Waals surface area contributed by atoms with Crippen molar-refractivity contribution in [2.45, 2.75) is 162 Å². The third-order valence-electron chi connectivity index (χ3n) is 9.54. The minimum atomic E-state index is -1.86. The Hall–Kier alpha value is -2.26. The first-order valence-corrected chi connectivity index (χ1v) is 22.3. The predicted octanol–water partition coefficient (Wildman–Crippen LogP) is 13.2. The third kappa shape index (κ3) is 16.5. The summed E-state index contributed by atoms with van der Waals surface area (Å²) in [7, 11) is -1.86. The van der Waals surface area contributed by atoms with Crippen LogP contribution in [0.4, 0.5) is 0 Å². The molecule has 2 aromatic carbocycles. The fourth-order valence-corrected chi connectivity index (χ4v) is 12.7. The van der Waals surface area contributed by atoms with Crippen LogP contribution in [-0.2, 0) is 22.7 Å². The van der Waals surface area contributed by atoms with Gasteiger partial charge in [-0.15, -0.1) is 5.54 Å². The van der Waals surface area contributed by atoms with E-state index < -0.39 is 8.07 Å². The number of ether oxygens (including phenoxy) is 2. The number of hydrogen-bond acceptors (Lipinski definition) is 2. The van der Waals surface area contributed by atoms with Gasteiger partial charge >= 0.3 is 0 Å². The Morgan fingerprint density at radius 1 is 0.531 bits per heavy atom. The molecule has 0 fully saturated rings. The molecule has 268 valence electrons. The molecule has 0 bridgehead atoms. The van der Waals surface area contributed by atoms with Gasteiger partial charge in [0.15, 0.2) is 0 Å². The first-order valence-electron chi connectivity index (χ1n) is 19.3. The molecule has 0 N–H and O–H groups in total. The summed E-state index contributed by atoms with van der Waals surface area (Å²) in [5.41, 5.74) is 10.8. The average Bonchev–Trinajstić information content (AvgIpc) is 3.05. The highest BCUT2D eigenvalue weighted by atomic mass is 79.9. The van der Waals surface area contributed by atoms with Crippen molar-refractivity contribution < 1.29 is 9.47 Å². The van der Waals surface area contributed by atoms with Crippen LogP contribution in [0.1, 0.15) is 160 Å². The van der Waals surface area contributed by atoms with Gasteiger partial charge in [0.1, 0.15) is 8.07 Å². The molecule has 0 amide bonds. The van der Waals surface area contributed by atoms with Gasteiger partial charge in [-0.1, -0.05) is 153 Å². The van der Waals surface area contributed by atoms with E-state index in [-0.39, 0.29) is 0 Å². The lowest BCUT2D eigenvalue weighted by Crippen LogP contribution is -2.43. The van der Waals surface area contributed by atoms with E-state index in [2.05, 4.69) is 137 Å². The number of unbranched alkanes of at least 4 members (excludes halogenated alkanes) is 10. The molecule has 0 radical (unpaired) electrons. The summed E-state index contributed by atoms with van der Waals surface area (Å²) in [5, 5.41) is 0. The van der Waals surface area contributed by atoms with Crippen molar-refractivity contribution in [1.29, 1.82) is 0 Å². The minimum absolute atomic E-state index is 0.577. The van der Waals surface area contributed by atoms with Gasteiger partial charge in [0.05, 0.1) is 13.2 Å². The molecule has 4 heteroatoms. The topological polar surface area (TPSA) is 18.5 Å². The molecule has 0 saturated carbocycles. The smallest absolute Gasteiger partial charge is 0.146 e. The maximum Gasteiger partial charge on any atom is 0.146 e. The zero-order chi connectivity index (χ0) is 35.9. The molecule has 49 heavy (non-hydrogen) atoms. The van der Waals surface area contributed by atoms with Gasteiger partial charge < -0.3 is 9.47 Å². The van der Waals surface area contributed by atoms with Crippen molar-refractivity contribution in [2.75, 3.05) is 13.2 Å². The van der Waals surface area contributed by atoms with Crippen LogP contribution in [0.3, 0.4) is 0 Å². The number of halogens is 1. The highest BCUT2D eigenvalue weighted by Crippen LogP contribution is 2.40. The van der Waals surface area contributed by atoms with Crippen LogP contribution in [0.5, 0.6) is 0 Å². The molecular weight excluding hydrogens is 680 g/mol. The second kappa shape index (κ2) is 24.8. The zero-order valence-electron chi connectivity index (χ0n) is 32.2. The number of hydrogen-bond donors (Lipinski definition) is 0. The maximum absolute atomic E-state index is 6.13. The Morgan fingerprint density at radius 2 is 0.939 bits per heavy atom. The van der Waals surface area contributed by atoms with E-state index in [4.69, 9.17) is 9.47 Å². The SMILES string of the molecule is CCCCCCCCOCc1cc(Br)cc(C#CC#Cc2cc(C#C[Si](C(C)C)(C(C)C)C(C)C)cc(COCCCCCCCC)c2)c1. The van der Waals surface area contributed by atoms with Gasteiger partial charge in [0.2, 0.25) is 0 Å². The summed E-state index contributed by atoms with van der Waals surface area (Å²) in [6.45, 7) is 21.5. The van der Waals surface area contributed by atoms with Gasteiger partial charge in [-0.05, 0) is 88.8 Å². The van der Waals surface area contributed by atoms with Crippen LogP contribution in [0.25, 0.3) is 0 Å². The van der Waals surface area contributed by atoms with Gasteiger partial charge in [0, 0.05) is 34.4 Å². The summed E-state index contributed by atoms with van der Waals surface area (Å²) in [6.07, 6.45) is 15.2. The zero-order valence-corrected chi connectivity index (χ0v) is 34.8. The Morgan fingerprint density at radius 3 is 1.41 bits per heavy atom. The molecular formula is C45H65BrO2Si. The van der Waals surface area contributed by atoms with Gasteiger partial charge in [-0.3, -0.25) is 0 Å². The van der Waals surface area contributed by atoms with E-state index in [0.29, 0.717) is 29.8 Å². The lowest BCUT2D eigenvalue weighted by Gasteiger charge is -2.38. The average molecular weight is 746 g/mol. The largest absolute Gasteiger partial charge is 0.377 e. The minimum Gasteiger partial charge on any atom is -0.377 e. The van der Waals surface area contributed by atoms with Crippen molar-refractivity contribution in [3.8, 4) is 35.1 Å². The van der Waals surface area contributed by atoms with E-state index in [1.54, 1.807) is 0 Å². The van der Waals surface area contributed by atoms with Crippen LogP contribution in [0.15, 0.2) is 40.9 Å². The van der Waals surface area contributed by atoms with Gasteiger partial charge in [-0.2, -0.15) is 0 Å². The highest BCUT2D eigenvalue weighted by molar-refractivity contribution is 9.10. The van der Waals surface area contributed by atoms with Crippen LogP contribution in [0, 0.1) is 35.1 Å². The molecule has 0 unspecified atom stereocenters. The molecule has 0 heterocycles. The maximum atomic E-state index is 6.13. The van der Waals surface area contributed by atoms with Crippen LogP contribution < -0.4 is 0 Å². The quantitative estimate of drug-likeness (QED) is 0.0720. The van der Waals surface area contributed by atoms with Crippen LogP contribution >= 0.6 is 15.9 Å². The summed E-state index contributed by atoms with van der Waals surface area (Å²) < 4.78 is 13.1. The molecule has 0 spiro atoms. The van der Waals surface area contributed by atoms with Crippen molar-refractivity contribution in [1.82, 2.24) is 0 Å². The molecule has 0 aliphatic rings. The van der Waals surface area contributed by atoms with E-state index in [9.17, 15) is 0 Å². The molecule has 0 saturated heterocycles. The fourth-order valence-electron chi connectivity index (χ4n) is 6.89. The first kappa shape index (κ1) is 42.9. The molecule has 0 atom stereocenters.